The molecule has 0 saturated carbocycles. The monoisotopic (exact) mass is 423 g/mol. The molecular weight excluding hydrogens is 402 g/mol. The van der Waals surface area contributed by atoms with Crippen LogP contribution < -0.4 is 10.6 Å². The summed E-state index contributed by atoms with van der Waals surface area (Å²) in [6.45, 7) is 5.48. The molecule has 0 radical (unpaired) electrons. The van der Waals surface area contributed by atoms with Gasteiger partial charge in [0.2, 0.25) is 0 Å². The molecule has 0 atom stereocenters. The van der Waals surface area contributed by atoms with Crippen LogP contribution in [0.15, 0.2) is 48.8 Å². The Morgan fingerprint density at radius 2 is 1.77 bits per heavy atom. The zero-order valence-electron chi connectivity index (χ0n) is 16.8. The van der Waals surface area contributed by atoms with Crippen molar-refractivity contribution in [2.75, 3.05) is 17.2 Å². The van der Waals surface area contributed by atoms with E-state index in [1.807, 2.05) is 19.1 Å². The number of amides is 2. The summed E-state index contributed by atoms with van der Waals surface area (Å²) in [5, 5.41) is 5.79. The van der Waals surface area contributed by atoms with Crippen molar-refractivity contribution in [1.29, 1.82) is 0 Å². The van der Waals surface area contributed by atoms with Gasteiger partial charge in [0, 0.05) is 18.1 Å². The highest BCUT2D eigenvalue weighted by Gasteiger charge is 2.27. The number of carbonyl (C=O) groups excluding carboxylic acids is 3. The zero-order valence-corrected chi connectivity index (χ0v) is 17.6. The van der Waals surface area contributed by atoms with Crippen LogP contribution in [0.4, 0.5) is 10.7 Å². The highest BCUT2D eigenvalue weighted by atomic mass is 32.1. The van der Waals surface area contributed by atoms with Crippen LogP contribution >= 0.6 is 11.3 Å². The fourth-order valence-electron chi connectivity index (χ4n) is 2.76. The number of aryl methyl sites for hydroxylation is 1. The van der Waals surface area contributed by atoms with E-state index in [2.05, 4.69) is 15.6 Å². The molecule has 7 nitrogen and oxygen atoms in total. The van der Waals surface area contributed by atoms with E-state index in [-0.39, 0.29) is 23.1 Å². The number of nitrogens with zero attached hydrogens (tertiary/aromatic N) is 1. The van der Waals surface area contributed by atoms with Gasteiger partial charge < -0.3 is 15.4 Å². The Labute approximate surface area is 178 Å². The van der Waals surface area contributed by atoms with Gasteiger partial charge >= 0.3 is 5.97 Å². The van der Waals surface area contributed by atoms with Crippen molar-refractivity contribution in [3.8, 4) is 0 Å². The number of carbonyl (C=O) groups is 3. The smallest absolute Gasteiger partial charge is 0.341 e. The zero-order chi connectivity index (χ0) is 21.7. The van der Waals surface area contributed by atoms with E-state index in [9.17, 15) is 14.4 Å². The highest BCUT2D eigenvalue weighted by molar-refractivity contribution is 7.19. The molecule has 0 aliphatic heterocycles. The largest absolute Gasteiger partial charge is 0.462 e. The molecule has 3 aromatic rings. The second-order valence-corrected chi connectivity index (χ2v) is 7.52. The van der Waals surface area contributed by atoms with E-state index < -0.39 is 11.9 Å². The summed E-state index contributed by atoms with van der Waals surface area (Å²) in [5.41, 5.74) is 2.67. The molecule has 1 aromatic carbocycles. The van der Waals surface area contributed by atoms with Crippen molar-refractivity contribution in [3.63, 3.8) is 0 Å². The summed E-state index contributed by atoms with van der Waals surface area (Å²) in [6, 6.07) is 10.6. The quantitative estimate of drug-likeness (QED) is 0.571. The average molecular weight is 423 g/mol. The first-order valence-corrected chi connectivity index (χ1v) is 10.1. The summed E-state index contributed by atoms with van der Waals surface area (Å²) in [4.78, 5) is 42.2. The van der Waals surface area contributed by atoms with E-state index in [1.54, 1.807) is 44.3 Å². The second kappa shape index (κ2) is 9.32. The molecule has 2 aromatic heterocycles. The first-order valence-electron chi connectivity index (χ1n) is 9.30. The Kier molecular flexibility index (Phi) is 6.58. The van der Waals surface area contributed by atoms with E-state index in [0.717, 1.165) is 16.9 Å². The van der Waals surface area contributed by atoms with Crippen LogP contribution in [0.2, 0.25) is 0 Å². The Morgan fingerprint density at radius 3 is 2.40 bits per heavy atom. The van der Waals surface area contributed by atoms with Gasteiger partial charge in [0.15, 0.2) is 0 Å². The van der Waals surface area contributed by atoms with Crippen LogP contribution in [-0.4, -0.2) is 29.4 Å². The number of benzene rings is 1. The molecule has 2 heterocycles. The minimum absolute atomic E-state index is 0.174. The molecule has 0 spiro atoms. The summed E-state index contributed by atoms with van der Waals surface area (Å²) in [7, 11) is 0. The number of rotatable bonds is 6. The number of hydrogen-bond acceptors (Lipinski definition) is 6. The fraction of sp³-hybridized carbons (Fsp3) is 0.182. The van der Waals surface area contributed by atoms with E-state index >= 15 is 0 Å². The minimum atomic E-state index is -0.595. The Hall–Kier alpha value is -3.52. The molecule has 3 rings (SSSR count). The third-order valence-electron chi connectivity index (χ3n) is 4.29. The number of anilines is 2. The molecular formula is C22H21N3O4S. The van der Waals surface area contributed by atoms with Gasteiger partial charge in [-0.05, 0) is 50.6 Å². The Balaban J connectivity index is 1.93. The van der Waals surface area contributed by atoms with E-state index in [0.29, 0.717) is 21.7 Å². The van der Waals surface area contributed by atoms with Crippen LogP contribution in [-0.2, 0) is 4.74 Å². The summed E-state index contributed by atoms with van der Waals surface area (Å²) < 4.78 is 5.13. The number of hydrogen-bond donors (Lipinski definition) is 2. The van der Waals surface area contributed by atoms with Crippen molar-refractivity contribution < 1.29 is 19.1 Å². The molecule has 0 unspecified atom stereocenters. The van der Waals surface area contributed by atoms with Crippen molar-refractivity contribution in [3.05, 3.63) is 75.9 Å². The summed E-state index contributed by atoms with van der Waals surface area (Å²) >= 11 is 1.03. The summed E-state index contributed by atoms with van der Waals surface area (Å²) in [6.07, 6.45) is 2.98. The predicted octanol–water partition coefficient (Wildman–Crippen LogP) is 4.44. The van der Waals surface area contributed by atoms with Crippen LogP contribution in [0.1, 0.15) is 48.4 Å². The van der Waals surface area contributed by atoms with E-state index in [4.69, 9.17) is 4.74 Å². The van der Waals surface area contributed by atoms with Gasteiger partial charge in [-0.15, -0.1) is 11.3 Å². The number of nitrogens with one attached hydrogen (secondary N) is 2. The lowest BCUT2D eigenvalue weighted by molar-refractivity contribution is 0.0527. The van der Waals surface area contributed by atoms with E-state index in [1.165, 1.54) is 6.20 Å². The first kappa shape index (κ1) is 21.2. The topological polar surface area (TPSA) is 97.4 Å². The SMILES string of the molecule is CCOC(=O)c1c(NC(=O)c2cccnc2)sc(C(=O)Nc2ccc(C)cc2)c1C. The van der Waals surface area contributed by atoms with Crippen molar-refractivity contribution in [2.24, 2.45) is 0 Å². The van der Waals surface area contributed by atoms with Crippen molar-refractivity contribution >= 4 is 39.8 Å². The molecule has 0 bridgehead atoms. The van der Waals surface area contributed by atoms with Gasteiger partial charge in [-0.2, -0.15) is 0 Å². The molecule has 0 aliphatic rings. The van der Waals surface area contributed by atoms with Gasteiger partial charge in [0.1, 0.15) is 5.00 Å². The molecule has 0 fully saturated rings. The first-order chi connectivity index (χ1) is 14.4. The summed E-state index contributed by atoms with van der Waals surface area (Å²) in [5.74, 6) is -1.39. The third-order valence-corrected chi connectivity index (χ3v) is 5.50. The van der Waals surface area contributed by atoms with Crippen LogP contribution in [0.5, 0.6) is 0 Å². The van der Waals surface area contributed by atoms with Gasteiger partial charge in [-0.1, -0.05) is 17.7 Å². The molecule has 8 heteroatoms. The van der Waals surface area contributed by atoms with Crippen LogP contribution in [0, 0.1) is 13.8 Å². The maximum absolute atomic E-state index is 12.8. The minimum Gasteiger partial charge on any atom is -0.462 e. The number of pyridine rings is 1. The second-order valence-electron chi connectivity index (χ2n) is 6.50. The lowest BCUT2D eigenvalue weighted by Crippen LogP contribution is -2.15. The maximum atomic E-state index is 12.8. The lowest BCUT2D eigenvalue weighted by Gasteiger charge is -2.07. The number of esters is 1. The van der Waals surface area contributed by atoms with Gasteiger partial charge in [0.25, 0.3) is 11.8 Å². The average Bonchev–Trinajstić information content (AvgIpc) is 3.06. The lowest BCUT2D eigenvalue weighted by atomic mass is 10.1. The number of aromatic nitrogens is 1. The molecule has 2 N–H and O–H groups in total. The predicted molar refractivity (Wildman–Crippen MR) is 116 cm³/mol. The fourth-order valence-corrected chi connectivity index (χ4v) is 3.85. The van der Waals surface area contributed by atoms with Crippen molar-refractivity contribution in [1.82, 2.24) is 4.98 Å². The molecule has 0 saturated heterocycles. The van der Waals surface area contributed by atoms with Crippen LogP contribution in [0.3, 0.4) is 0 Å². The van der Waals surface area contributed by atoms with Gasteiger partial charge in [-0.3, -0.25) is 14.6 Å². The molecule has 154 valence electrons. The number of thiophene rings is 1. The van der Waals surface area contributed by atoms with Crippen LogP contribution in [0.25, 0.3) is 0 Å². The third kappa shape index (κ3) is 4.72. The van der Waals surface area contributed by atoms with Gasteiger partial charge in [-0.25, -0.2) is 4.79 Å². The molecule has 2 amide bonds. The highest BCUT2D eigenvalue weighted by Crippen LogP contribution is 2.34. The number of ether oxygens (including phenoxy) is 1. The molecule has 0 aliphatic carbocycles. The normalized spacial score (nSPS) is 10.4. The Morgan fingerprint density at radius 1 is 1.03 bits per heavy atom. The van der Waals surface area contributed by atoms with Crippen molar-refractivity contribution in [2.45, 2.75) is 20.8 Å². The molecule has 30 heavy (non-hydrogen) atoms. The Bertz CT molecular complexity index is 1080. The maximum Gasteiger partial charge on any atom is 0.341 e. The van der Waals surface area contributed by atoms with Gasteiger partial charge in [0.05, 0.1) is 22.6 Å². The standard InChI is InChI=1S/C22H21N3O4S/c1-4-29-22(28)17-14(3)18(20(27)24-16-9-7-13(2)8-10-16)30-21(17)25-19(26)15-6-5-11-23-12-15/h5-12H,4H2,1-3H3,(H,24,27)(H,25,26).